The molecule has 0 aliphatic carbocycles. The van der Waals surface area contributed by atoms with Gasteiger partial charge in [0, 0.05) is 9.92 Å². The van der Waals surface area contributed by atoms with Crippen LogP contribution in [0.5, 0.6) is 0 Å². The molecule has 140 valence electrons. The van der Waals surface area contributed by atoms with Gasteiger partial charge in [0.05, 0.1) is 33.5 Å². The normalized spacial score (nSPS) is 10.9. The van der Waals surface area contributed by atoms with Gasteiger partial charge in [-0.25, -0.2) is 4.68 Å². The van der Waals surface area contributed by atoms with Crippen molar-refractivity contribution in [3.63, 3.8) is 0 Å². The highest BCUT2D eigenvalue weighted by Gasteiger charge is 2.16. The van der Waals surface area contributed by atoms with E-state index in [-0.39, 0.29) is 11.7 Å². The van der Waals surface area contributed by atoms with E-state index in [2.05, 4.69) is 10.4 Å². The van der Waals surface area contributed by atoms with Crippen LogP contribution in [0.1, 0.15) is 17.0 Å². The maximum atomic E-state index is 12.4. The second-order valence-electron chi connectivity index (χ2n) is 6.20. The quantitative estimate of drug-likeness (QED) is 0.528. The Morgan fingerprint density at radius 1 is 1.11 bits per heavy atom. The first-order valence-electron chi connectivity index (χ1n) is 8.36. The van der Waals surface area contributed by atoms with Gasteiger partial charge >= 0.3 is 0 Å². The number of carbonyl (C=O) groups is 1. The van der Waals surface area contributed by atoms with E-state index in [1.807, 2.05) is 49.7 Å². The molecule has 0 bridgehead atoms. The average molecular weight is 420 g/mol. The van der Waals surface area contributed by atoms with Crippen LogP contribution in [0.4, 0.5) is 5.69 Å². The van der Waals surface area contributed by atoms with Crippen LogP contribution < -0.4 is 5.32 Å². The zero-order valence-corrected chi connectivity index (χ0v) is 17.5. The lowest BCUT2D eigenvalue weighted by molar-refractivity contribution is -0.113. The van der Waals surface area contributed by atoms with E-state index >= 15 is 0 Å². The van der Waals surface area contributed by atoms with E-state index in [1.54, 1.807) is 18.2 Å². The zero-order valence-electron chi connectivity index (χ0n) is 15.2. The van der Waals surface area contributed by atoms with Crippen LogP contribution in [-0.2, 0) is 4.79 Å². The third-order valence-electron chi connectivity index (χ3n) is 4.09. The first-order valence-corrected chi connectivity index (χ1v) is 10.1. The molecule has 0 saturated carbocycles. The molecular formula is C20H19Cl2N3OS. The minimum Gasteiger partial charge on any atom is -0.322 e. The molecule has 3 rings (SSSR count). The average Bonchev–Trinajstić information content (AvgIpc) is 2.91. The highest BCUT2D eigenvalue weighted by molar-refractivity contribution is 8.00. The summed E-state index contributed by atoms with van der Waals surface area (Å²) in [5.41, 5.74) is 4.54. The van der Waals surface area contributed by atoms with E-state index in [9.17, 15) is 4.79 Å². The third kappa shape index (κ3) is 4.67. The number of nitrogens with zero attached hydrogens (tertiary/aromatic N) is 2. The summed E-state index contributed by atoms with van der Waals surface area (Å²) < 4.78 is 1.84. The second kappa shape index (κ2) is 8.38. The van der Waals surface area contributed by atoms with Crippen LogP contribution in [0.15, 0.2) is 47.4 Å². The predicted molar refractivity (Wildman–Crippen MR) is 114 cm³/mol. The molecular weight excluding hydrogens is 401 g/mol. The minimum absolute atomic E-state index is 0.120. The number of carbonyl (C=O) groups excluding carboxylic acids is 1. The summed E-state index contributed by atoms with van der Waals surface area (Å²) in [5.74, 6) is 0.111. The summed E-state index contributed by atoms with van der Waals surface area (Å²) in [6.45, 7) is 5.87. The maximum Gasteiger partial charge on any atom is 0.234 e. The van der Waals surface area contributed by atoms with Crippen LogP contribution >= 0.6 is 35.0 Å². The SMILES string of the molecule is Cc1ccc(-n2nc(C)c(NC(=O)CSc3cc(Cl)ccc3Cl)c2C)cc1. The molecule has 0 unspecified atom stereocenters. The fourth-order valence-corrected chi connectivity index (χ4v) is 3.96. The van der Waals surface area contributed by atoms with Crippen molar-refractivity contribution in [2.24, 2.45) is 0 Å². The molecule has 1 N–H and O–H groups in total. The number of hydrogen-bond acceptors (Lipinski definition) is 3. The molecule has 0 aliphatic heterocycles. The molecule has 3 aromatic rings. The largest absolute Gasteiger partial charge is 0.322 e. The molecule has 27 heavy (non-hydrogen) atoms. The fraction of sp³-hybridized carbons (Fsp3) is 0.200. The van der Waals surface area contributed by atoms with Crippen LogP contribution in [0, 0.1) is 20.8 Å². The Balaban J connectivity index is 1.72. The Kier molecular flexibility index (Phi) is 6.15. The minimum atomic E-state index is -0.120. The van der Waals surface area contributed by atoms with Gasteiger partial charge in [0.15, 0.2) is 0 Å². The lowest BCUT2D eigenvalue weighted by atomic mass is 10.2. The van der Waals surface area contributed by atoms with Gasteiger partial charge in [0.25, 0.3) is 0 Å². The number of nitrogens with one attached hydrogen (secondary N) is 1. The molecule has 0 radical (unpaired) electrons. The van der Waals surface area contributed by atoms with Crippen LogP contribution in [0.3, 0.4) is 0 Å². The number of halogens is 2. The van der Waals surface area contributed by atoms with Gasteiger partial charge in [-0.2, -0.15) is 5.10 Å². The van der Waals surface area contributed by atoms with Gasteiger partial charge in [-0.3, -0.25) is 4.79 Å². The number of rotatable bonds is 5. The first-order chi connectivity index (χ1) is 12.8. The van der Waals surface area contributed by atoms with Gasteiger partial charge in [-0.15, -0.1) is 11.8 Å². The summed E-state index contributed by atoms with van der Waals surface area (Å²) in [7, 11) is 0. The van der Waals surface area contributed by atoms with Crippen LogP contribution in [-0.4, -0.2) is 21.4 Å². The van der Waals surface area contributed by atoms with Crippen molar-refractivity contribution < 1.29 is 4.79 Å². The highest BCUT2D eigenvalue weighted by Crippen LogP contribution is 2.30. The fourth-order valence-electron chi connectivity index (χ4n) is 2.67. The standard InChI is InChI=1S/C20H19Cl2N3OS/c1-12-4-7-16(8-5-12)25-14(3)20(13(2)24-25)23-19(26)11-27-18-10-15(21)6-9-17(18)22/h4-10H,11H2,1-3H3,(H,23,26). The highest BCUT2D eigenvalue weighted by atomic mass is 35.5. The van der Waals surface area contributed by atoms with Crippen molar-refractivity contribution in [3.8, 4) is 5.69 Å². The van der Waals surface area contributed by atoms with E-state index in [4.69, 9.17) is 23.2 Å². The lowest BCUT2D eigenvalue weighted by Gasteiger charge is -2.08. The number of aryl methyl sites for hydroxylation is 2. The summed E-state index contributed by atoms with van der Waals surface area (Å²) in [5, 5.41) is 8.70. The monoisotopic (exact) mass is 419 g/mol. The van der Waals surface area contributed by atoms with E-state index in [1.165, 1.54) is 17.3 Å². The number of aromatic nitrogens is 2. The Morgan fingerprint density at radius 3 is 2.52 bits per heavy atom. The van der Waals surface area contributed by atoms with Crippen LogP contribution in [0.2, 0.25) is 10.0 Å². The maximum absolute atomic E-state index is 12.4. The molecule has 4 nitrogen and oxygen atoms in total. The molecule has 0 aliphatic rings. The number of anilines is 1. The van der Waals surface area contributed by atoms with Crippen molar-refractivity contribution in [1.82, 2.24) is 9.78 Å². The topological polar surface area (TPSA) is 46.9 Å². The molecule has 0 spiro atoms. The molecule has 1 heterocycles. The Labute approximate surface area is 172 Å². The molecule has 1 amide bonds. The van der Waals surface area contributed by atoms with E-state index in [0.717, 1.165) is 27.7 Å². The van der Waals surface area contributed by atoms with Crippen LogP contribution in [0.25, 0.3) is 5.69 Å². The summed E-state index contributed by atoms with van der Waals surface area (Å²) >= 11 is 13.5. The van der Waals surface area contributed by atoms with Gasteiger partial charge in [-0.05, 0) is 51.1 Å². The van der Waals surface area contributed by atoms with Crippen molar-refractivity contribution in [2.75, 3.05) is 11.1 Å². The van der Waals surface area contributed by atoms with E-state index in [0.29, 0.717) is 10.0 Å². The molecule has 1 aromatic heterocycles. The number of thioether (sulfide) groups is 1. The van der Waals surface area contributed by atoms with Crippen molar-refractivity contribution in [1.29, 1.82) is 0 Å². The Hall–Kier alpha value is -1.95. The molecule has 0 fully saturated rings. The van der Waals surface area contributed by atoms with Gasteiger partial charge in [-0.1, -0.05) is 40.9 Å². The molecule has 0 atom stereocenters. The number of amides is 1. The van der Waals surface area contributed by atoms with Crippen molar-refractivity contribution in [2.45, 2.75) is 25.7 Å². The van der Waals surface area contributed by atoms with Crippen molar-refractivity contribution >= 4 is 46.6 Å². The smallest absolute Gasteiger partial charge is 0.234 e. The third-order valence-corrected chi connectivity index (χ3v) is 5.82. The Bertz CT molecular complexity index is 984. The second-order valence-corrected chi connectivity index (χ2v) is 8.07. The molecule has 0 saturated heterocycles. The first kappa shape index (κ1) is 19.8. The molecule has 7 heteroatoms. The Morgan fingerprint density at radius 2 is 1.81 bits per heavy atom. The number of benzene rings is 2. The number of hydrogen-bond donors (Lipinski definition) is 1. The summed E-state index contributed by atoms with van der Waals surface area (Å²) in [6, 6.07) is 13.3. The van der Waals surface area contributed by atoms with Gasteiger partial charge in [0.2, 0.25) is 5.91 Å². The zero-order chi connectivity index (χ0) is 19.6. The molecule has 2 aromatic carbocycles. The summed E-state index contributed by atoms with van der Waals surface area (Å²) in [4.78, 5) is 13.2. The van der Waals surface area contributed by atoms with Gasteiger partial charge in [0.1, 0.15) is 0 Å². The lowest BCUT2D eigenvalue weighted by Crippen LogP contribution is -2.15. The van der Waals surface area contributed by atoms with E-state index < -0.39 is 0 Å². The van der Waals surface area contributed by atoms with Gasteiger partial charge < -0.3 is 5.32 Å². The summed E-state index contributed by atoms with van der Waals surface area (Å²) in [6.07, 6.45) is 0. The predicted octanol–water partition coefficient (Wildman–Crippen LogP) is 5.84. The van der Waals surface area contributed by atoms with Crippen molar-refractivity contribution in [3.05, 3.63) is 69.5 Å².